The normalized spacial score (nSPS) is 12.0. The van der Waals surface area contributed by atoms with Crippen LogP contribution in [0.3, 0.4) is 0 Å². The smallest absolute Gasteiger partial charge is 0.267 e. The summed E-state index contributed by atoms with van der Waals surface area (Å²) in [4.78, 5) is 40.8. The van der Waals surface area contributed by atoms with Crippen molar-refractivity contribution in [3.05, 3.63) is 100 Å². The second-order valence-electron chi connectivity index (χ2n) is 9.20. The van der Waals surface area contributed by atoms with Crippen molar-refractivity contribution >= 4 is 43.6 Å². The van der Waals surface area contributed by atoms with Gasteiger partial charge < -0.3 is 11.1 Å². The number of fused-ring (bicyclic) bond motifs is 2. The van der Waals surface area contributed by atoms with E-state index in [-0.39, 0.29) is 29.1 Å². The molecule has 41 heavy (non-hydrogen) atoms. The van der Waals surface area contributed by atoms with Crippen molar-refractivity contribution in [2.75, 3.05) is 18.5 Å². The van der Waals surface area contributed by atoms with Gasteiger partial charge in [0.25, 0.3) is 11.5 Å². The lowest BCUT2D eigenvalue weighted by Gasteiger charge is -2.20. The summed E-state index contributed by atoms with van der Waals surface area (Å²) in [6.45, 7) is 1.60. The fourth-order valence-electron chi connectivity index (χ4n) is 4.39. The van der Waals surface area contributed by atoms with E-state index in [2.05, 4.69) is 31.8 Å². The maximum atomic E-state index is 14.0. The molecule has 206 valence electrons. The van der Waals surface area contributed by atoms with E-state index in [9.17, 15) is 18.0 Å². The fourth-order valence-corrected chi connectivity index (χ4v) is 4.72. The van der Waals surface area contributed by atoms with E-state index < -0.39 is 27.5 Å². The van der Waals surface area contributed by atoms with Crippen molar-refractivity contribution in [1.29, 1.82) is 0 Å². The Labute approximate surface area is 235 Å². The first-order chi connectivity index (χ1) is 19.6. The average molecular weight is 568 g/mol. The maximum absolute atomic E-state index is 14.0. The number of hydrogen-bond acceptors (Lipinski definition) is 8. The Balaban J connectivity index is 1.61. The minimum atomic E-state index is -3.41. The number of nitrogens with one attached hydrogen (secondary N) is 2. The standard InChI is InChI=1S/C29H25N7O4S/c1-18(34-28(37)24-25-20(11-7-15-31-25)17-32-26(24)30)27-35-22-14-6-9-19(10-8-16-33-41(2,39)40)23(22)29(38)36(27)21-12-4-3-5-13-21/h3-7,9,11-15,17-18,33H,16H2,1-2H3,(H2,30,32)(H,34,37). The summed E-state index contributed by atoms with van der Waals surface area (Å²) in [7, 11) is -3.41. The molecule has 1 unspecified atom stereocenters. The Morgan fingerprint density at radius 3 is 2.61 bits per heavy atom. The molecule has 0 radical (unpaired) electrons. The molecule has 0 aliphatic carbocycles. The molecule has 0 aliphatic rings. The number of benzene rings is 2. The molecule has 0 saturated carbocycles. The van der Waals surface area contributed by atoms with E-state index in [0.717, 1.165) is 6.26 Å². The number of carbonyl (C=O) groups excluding carboxylic acids is 1. The summed E-state index contributed by atoms with van der Waals surface area (Å²) in [5.74, 6) is 5.42. The minimum absolute atomic E-state index is 0.0291. The van der Waals surface area contributed by atoms with Crippen LogP contribution in [0.25, 0.3) is 27.5 Å². The second-order valence-corrected chi connectivity index (χ2v) is 11.0. The molecule has 11 nitrogen and oxygen atoms in total. The predicted octanol–water partition coefficient (Wildman–Crippen LogP) is 2.30. The third-order valence-electron chi connectivity index (χ3n) is 6.22. The van der Waals surface area contributed by atoms with Gasteiger partial charge in [-0.1, -0.05) is 36.1 Å². The number of sulfonamides is 1. The number of pyridine rings is 2. The van der Waals surface area contributed by atoms with Crippen LogP contribution in [0.4, 0.5) is 5.82 Å². The monoisotopic (exact) mass is 567 g/mol. The van der Waals surface area contributed by atoms with Gasteiger partial charge in [0.15, 0.2) is 0 Å². The SMILES string of the molecule is CC(NC(=O)c1c(N)ncc2cccnc12)c1nc2cccc(C#CCNS(C)(=O)=O)c2c(=O)n1-c1ccccc1. The number of nitrogen functional groups attached to an aromatic ring is 1. The molecule has 5 rings (SSSR count). The van der Waals surface area contributed by atoms with Crippen LogP contribution in [0.1, 0.15) is 34.7 Å². The average Bonchev–Trinajstić information content (AvgIpc) is 2.95. The Bertz CT molecular complexity index is 2030. The van der Waals surface area contributed by atoms with Crippen LogP contribution in [0.15, 0.2) is 77.9 Å². The first-order valence-corrected chi connectivity index (χ1v) is 14.4. The second kappa shape index (κ2) is 11.2. The number of para-hydroxylation sites is 1. The first-order valence-electron chi connectivity index (χ1n) is 12.5. The molecule has 1 atom stereocenters. The zero-order chi connectivity index (χ0) is 29.1. The van der Waals surface area contributed by atoms with Gasteiger partial charge in [0, 0.05) is 23.3 Å². The zero-order valence-corrected chi connectivity index (χ0v) is 22.9. The number of nitrogens with two attached hydrogens (primary N) is 1. The molecular formula is C29H25N7O4S. The summed E-state index contributed by atoms with van der Waals surface area (Å²) in [6.07, 6.45) is 4.16. The highest BCUT2D eigenvalue weighted by atomic mass is 32.2. The molecular weight excluding hydrogens is 542 g/mol. The van der Waals surface area contributed by atoms with Crippen LogP contribution < -0.4 is 21.3 Å². The Kier molecular flexibility index (Phi) is 7.47. The number of nitrogens with zero attached hydrogens (tertiary/aromatic N) is 4. The van der Waals surface area contributed by atoms with Crippen LogP contribution in [-0.4, -0.2) is 46.6 Å². The van der Waals surface area contributed by atoms with Gasteiger partial charge in [-0.2, -0.15) is 0 Å². The molecule has 3 heterocycles. The lowest BCUT2D eigenvalue weighted by atomic mass is 10.1. The van der Waals surface area contributed by atoms with Gasteiger partial charge in [-0.3, -0.25) is 19.1 Å². The van der Waals surface area contributed by atoms with Crippen LogP contribution in [-0.2, 0) is 10.0 Å². The highest BCUT2D eigenvalue weighted by Gasteiger charge is 2.23. The van der Waals surface area contributed by atoms with Gasteiger partial charge in [0.05, 0.1) is 40.9 Å². The Morgan fingerprint density at radius 2 is 1.85 bits per heavy atom. The number of anilines is 1. The minimum Gasteiger partial charge on any atom is -0.383 e. The lowest BCUT2D eigenvalue weighted by molar-refractivity contribution is 0.0940. The molecule has 2 aromatic carbocycles. The molecule has 5 aromatic rings. The van der Waals surface area contributed by atoms with Crippen molar-refractivity contribution in [2.45, 2.75) is 13.0 Å². The third kappa shape index (κ3) is 5.76. The quantitative estimate of drug-likeness (QED) is 0.263. The van der Waals surface area contributed by atoms with Gasteiger partial charge in [-0.15, -0.1) is 0 Å². The van der Waals surface area contributed by atoms with Crippen molar-refractivity contribution < 1.29 is 13.2 Å². The van der Waals surface area contributed by atoms with Crippen LogP contribution in [0, 0.1) is 11.8 Å². The largest absolute Gasteiger partial charge is 0.383 e. The molecule has 0 saturated heterocycles. The maximum Gasteiger partial charge on any atom is 0.267 e. The van der Waals surface area contributed by atoms with Gasteiger partial charge in [0.2, 0.25) is 10.0 Å². The molecule has 0 aliphatic heterocycles. The molecule has 0 bridgehead atoms. The number of carbonyl (C=O) groups is 1. The van der Waals surface area contributed by atoms with Crippen molar-refractivity contribution in [1.82, 2.24) is 29.6 Å². The van der Waals surface area contributed by atoms with E-state index in [4.69, 9.17) is 10.7 Å². The van der Waals surface area contributed by atoms with Gasteiger partial charge in [-0.05, 0) is 43.3 Å². The van der Waals surface area contributed by atoms with Gasteiger partial charge in [-0.25, -0.2) is 23.1 Å². The molecule has 1 amide bonds. The highest BCUT2D eigenvalue weighted by molar-refractivity contribution is 7.88. The van der Waals surface area contributed by atoms with Crippen molar-refractivity contribution in [3.63, 3.8) is 0 Å². The molecule has 3 aromatic heterocycles. The van der Waals surface area contributed by atoms with E-state index in [1.165, 1.54) is 4.57 Å². The zero-order valence-electron chi connectivity index (χ0n) is 22.1. The highest BCUT2D eigenvalue weighted by Crippen LogP contribution is 2.23. The van der Waals surface area contributed by atoms with Crippen molar-refractivity contribution in [3.8, 4) is 17.5 Å². The number of rotatable bonds is 6. The summed E-state index contributed by atoms with van der Waals surface area (Å²) in [5, 5.41) is 3.82. The van der Waals surface area contributed by atoms with Crippen LogP contribution >= 0.6 is 0 Å². The topological polar surface area (TPSA) is 162 Å². The number of hydrogen-bond donors (Lipinski definition) is 3. The lowest BCUT2D eigenvalue weighted by Crippen LogP contribution is -2.34. The summed E-state index contributed by atoms with van der Waals surface area (Å²) in [5.41, 5.74) is 7.52. The molecule has 12 heteroatoms. The number of amides is 1. The van der Waals surface area contributed by atoms with E-state index in [1.807, 2.05) is 6.07 Å². The van der Waals surface area contributed by atoms with E-state index in [1.54, 1.807) is 73.9 Å². The Morgan fingerprint density at radius 1 is 1.07 bits per heavy atom. The van der Waals surface area contributed by atoms with E-state index in [0.29, 0.717) is 27.7 Å². The fraction of sp³-hybridized carbons (Fsp3) is 0.138. The van der Waals surface area contributed by atoms with Crippen LogP contribution in [0.2, 0.25) is 0 Å². The summed E-state index contributed by atoms with van der Waals surface area (Å²) < 4.78 is 26.5. The molecule has 0 fully saturated rings. The third-order valence-corrected chi connectivity index (χ3v) is 6.89. The molecule has 4 N–H and O–H groups in total. The summed E-state index contributed by atoms with van der Waals surface area (Å²) >= 11 is 0. The number of aromatic nitrogens is 4. The van der Waals surface area contributed by atoms with Crippen LogP contribution in [0.5, 0.6) is 0 Å². The van der Waals surface area contributed by atoms with Gasteiger partial charge >= 0.3 is 0 Å². The first kappa shape index (κ1) is 27.4. The molecule has 0 spiro atoms. The van der Waals surface area contributed by atoms with E-state index >= 15 is 0 Å². The van der Waals surface area contributed by atoms with Gasteiger partial charge in [0.1, 0.15) is 17.2 Å². The summed E-state index contributed by atoms with van der Waals surface area (Å²) in [6, 6.07) is 16.7. The predicted molar refractivity (Wildman–Crippen MR) is 157 cm³/mol. The van der Waals surface area contributed by atoms with Crippen molar-refractivity contribution in [2.24, 2.45) is 0 Å². The Hall–Kier alpha value is -5.12.